The highest BCUT2D eigenvalue weighted by Gasteiger charge is 2.31. The molecule has 0 saturated heterocycles. The van der Waals surface area contributed by atoms with Crippen molar-refractivity contribution in [3.05, 3.63) is 42.6 Å². The molecule has 2 rings (SSSR count). The van der Waals surface area contributed by atoms with E-state index in [1.165, 1.54) is 24.3 Å². The van der Waals surface area contributed by atoms with Gasteiger partial charge >= 0.3 is 6.18 Å². The van der Waals surface area contributed by atoms with Crippen LogP contribution < -0.4 is 0 Å². The molecule has 0 amide bonds. The van der Waals surface area contributed by atoms with Gasteiger partial charge in [-0.2, -0.15) is 23.5 Å². The van der Waals surface area contributed by atoms with Crippen molar-refractivity contribution in [3.8, 4) is 23.1 Å². The number of hydrogen-bond acceptors (Lipinski definition) is 3. The topological polar surface area (TPSA) is 61.8 Å². The van der Waals surface area contributed by atoms with E-state index in [9.17, 15) is 18.3 Å². The van der Waals surface area contributed by atoms with Crippen molar-refractivity contribution < 1.29 is 18.3 Å². The van der Waals surface area contributed by atoms with Gasteiger partial charge in [0.15, 0.2) is 6.54 Å². The summed E-state index contributed by atoms with van der Waals surface area (Å²) in [5, 5.41) is 21.8. The summed E-state index contributed by atoms with van der Waals surface area (Å²) in [7, 11) is 0. The first kappa shape index (κ1) is 13.0. The summed E-state index contributed by atoms with van der Waals surface area (Å²) in [4.78, 5) is 0. The minimum atomic E-state index is -4.58. The van der Waals surface area contributed by atoms with E-state index in [2.05, 4.69) is 5.10 Å². The number of aromatic nitrogens is 2. The highest BCUT2D eigenvalue weighted by atomic mass is 19.4. The predicted octanol–water partition coefficient (Wildman–Crippen LogP) is 2.70. The van der Waals surface area contributed by atoms with E-state index in [0.29, 0.717) is 15.8 Å². The van der Waals surface area contributed by atoms with Gasteiger partial charge in [0.2, 0.25) is 5.88 Å². The van der Waals surface area contributed by atoms with Crippen LogP contribution in [0.25, 0.3) is 11.1 Å². The average molecular weight is 266 g/mol. The summed E-state index contributed by atoms with van der Waals surface area (Å²) >= 11 is 0. The molecule has 0 unspecified atom stereocenters. The zero-order chi connectivity index (χ0) is 14.0. The number of benzene rings is 1. The van der Waals surface area contributed by atoms with Crippen molar-refractivity contribution in [2.45, 2.75) is 6.18 Å². The molecule has 1 N–H and O–H groups in total. The minimum Gasteiger partial charge on any atom is -0.493 e. The first-order valence-corrected chi connectivity index (χ1v) is 5.10. The Morgan fingerprint density at radius 1 is 1.26 bits per heavy atom. The number of alkyl halides is 3. The summed E-state index contributed by atoms with van der Waals surface area (Å²) < 4.78 is 36.9. The van der Waals surface area contributed by atoms with Crippen LogP contribution in [0.2, 0.25) is 0 Å². The molecule has 0 aliphatic heterocycles. The Morgan fingerprint density at radius 2 is 1.89 bits per heavy atom. The highest BCUT2D eigenvalue weighted by Crippen LogP contribution is 2.31. The molecule has 0 aliphatic rings. The lowest BCUT2D eigenvalue weighted by Crippen LogP contribution is -2.15. The van der Waals surface area contributed by atoms with E-state index in [4.69, 9.17) is 5.26 Å². The lowest BCUT2D eigenvalue weighted by Gasteiger charge is -2.06. The van der Waals surface area contributed by atoms with Gasteiger partial charge in [0.05, 0.1) is 23.4 Å². The fourth-order valence-corrected chi connectivity index (χ4v) is 1.52. The first-order valence-electron chi connectivity index (χ1n) is 5.10. The molecular weight excluding hydrogens is 259 g/mol. The van der Waals surface area contributed by atoms with E-state index >= 15 is 0 Å². The van der Waals surface area contributed by atoms with Gasteiger partial charge in [0.1, 0.15) is 0 Å². The second-order valence-electron chi connectivity index (χ2n) is 3.69. The number of aromatic hydroxyl groups is 1. The Morgan fingerprint density at radius 3 is 2.42 bits per heavy atom. The summed E-state index contributed by atoms with van der Waals surface area (Å²) in [5.41, 5.74) is 1.04. The van der Waals surface area contributed by atoms with Crippen LogP contribution in [-0.4, -0.2) is 21.1 Å². The van der Waals surface area contributed by atoms with E-state index in [1.807, 2.05) is 6.07 Å². The van der Waals surface area contributed by atoms with Crippen molar-refractivity contribution in [3.63, 3.8) is 0 Å². The standard InChI is InChI=1S/C12H7F3N3O/c13-12(14,15)7-18-11(19)10(6-17-18)9-3-1-8(5-16)2-4-9/h1-4,6-7,19H. The molecule has 1 radical (unpaired) electrons. The number of halogens is 3. The van der Waals surface area contributed by atoms with Crippen molar-refractivity contribution in [2.24, 2.45) is 0 Å². The number of hydrogen-bond donors (Lipinski definition) is 1. The van der Waals surface area contributed by atoms with Crippen molar-refractivity contribution in [1.29, 1.82) is 5.26 Å². The largest absolute Gasteiger partial charge is 0.493 e. The molecule has 19 heavy (non-hydrogen) atoms. The molecule has 0 fully saturated rings. The lowest BCUT2D eigenvalue weighted by atomic mass is 10.1. The van der Waals surface area contributed by atoms with Crippen LogP contribution in [0.3, 0.4) is 0 Å². The van der Waals surface area contributed by atoms with Crippen LogP contribution in [0, 0.1) is 17.9 Å². The van der Waals surface area contributed by atoms with Crippen molar-refractivity contribution >= 4 is 0 Å². The normalized spacial score (nSPS) is 11.3. The molecule has 2 aromatic rings. The van der Waals surface area contributed by atoms with Crippen molar-refractivity contribution in [2.75, 3.05) is 0 Å². The predicted molar refractivity (Wildman–Crippen MR) is 59.8 cm³/mol. The zero-order valence-corrected chi connectivity index (χ0v) is 9.39. The molecule has 0 aliphatic carbocycles. The molecule has 0 spiro atoms. The molecule has 0 saturated carbocycles. The smallest absolute Gasteiger partial charge is 0.413 e. The quantitative estimate of drug-likeness (QED) is 0.909. The number of nitriles is 1. The summed E-state index contributed by atoms with van der Waals surface area (Å²) in [6.07, 6.45) is -3.45. The summed E-state index contributed by atoms with van der Waals surface area (Å²) in [6, 6.07) is 7.96. The van der Waals surface area contributed by atoms with Gasteiger partial charge in [0.25, 0.3) is 0 Å². The molecule has 0 bridgehead atoms. The summed E-state index contributed by atoms with van der Waals surface area (Å²) in [5.74, 6) is -0.609. The molecule has 1 heterocycles. The maximum Gasteiger partial charge on any atom is 0.413 e. The molecule has 7 heteroatoms. The van der Waals surface area contributed by atoms with Crippen LogP contribution in [0.4, 0.5) is 13.2 Å². The second-order valence-corrected chi connectivity index (χ2v) is 3.69. The third kappa shape index (κ3) is 2.85. The first-order chi connectivity index (χ1) is 8.90. The van der Waals surface area contributed by atoms with Gasteiger partial charge in [-0.1, -0.05) is 12.1 Å². The van der Waals surface area contributed by atoms with Gasteiger partial charge < -0.3 is 5.11 Å². The van der Waals surface area contributed by atoms with Gasteiger partial charge in [-0.3, -0.25) is 0 Å². The van der Waals surface area contributed by atoms with Crippen LogP contribution in [-0.2, 0) is 0 Å². The second kappa shape index (κ2) is 4.65. The number of nitrogens with zero attached hydrogens (tertiary/aromatic N) is 3. The van der Waals surface area contributed by atoms with Gasteiger partial charge in [0, 0.05) is 0 Å². The van der Waals surface area contributed by atoms with E-state index in [-0.39, 0.29) is 12.1 Å². The monoisotopic (exact) mass is 266 g/mol. The Bertz CT molecular complexity index is 623. The van der Waals surface area contributed by atoms with Crippen molar-refractivity contribution in [1.82, 2.24) is 9.78 Å². The van der Waals surface area contributed by atoms with Gasteiger partial charge in [-0.05, 0) is 17.7 Å². The fraction of sp³-hybridized carbons (Fsp3) is 0.0833. The van der Waals surface area contributed by atoms with Gasteiger partial charge in [-0.15, -0.1) is 0 Å². The van der Waals surface area contributed by atoms with Crippen LogP contribution in [0.15, 0.2) is 30.5 Å². The third-order valence-electron chi connectivity index (χ3n) is 2.36. The Hall–Kier alpha value is -2.49. The molecular formula is C12H7F3N3O. The van der Waals surface area contributed by atoms with Gasteiger partial charge in [-0.25, -0.2) is 4.68 Å². The molecule has 1 aromatic heterocycles. The van der Waals surface area contributed by atoms with Crippen LogP contribution >= 0.6 is 0 Å². The Balaban J connectivity index is 2.33. The van der Waals surface area contributed by atoms with Crippen LogP contribution in [0.5, 0.6) is 5.88 Å². The van der Waals surface area contributed by atoms with E-state index < -0.39 is 12.1 Å². The Kier molecular flexibility index (Phi) is 3.17. The van der Waals surface area contributed by atoms with E-state index in [0.717, 1.165) is 6.20 Å². The van der Waals surface area contributed by atoms with Crippen LogP contribution in [0.1, 0.15) is 5.56 Å². The zero-order valence-electron chi connectivity index (χ0n) is 9.39. The maximum atomic E-state index is 12.2. The third-order valence-corrected chi connectivity index (χ3v) is 2.36. The fourth-order valence-electron chi connectivity index (χ4n) is 1.52. The molecule has 0 atom stereocenters. The molecule has 4 nitrogen and oxygen atoms in total. The Labute approximate surface area is 106 Å². The lowest BCUT2D eigenvalue weighted by molar-refractivity contribution is -0.102. The highest BCUT2D eigenvalue weighted by molar-refractivity contribution is 5.68. The minimum absolute atomic E-state index is 0.143. The molecule has 97 valence electrons. The number of rotatable bonds is 2. The summed E-state index contributed by atoms with van der Waals surface area (Å²) in [6.45, 7) is -0.143. The maximum absolute atomic E-state index is 12.2. The SMILES string of the molecule is N#Cc1ccc(-c2cnn([CH]C(F)(F)F)c2O)cc1. The average Bonchev–Trinajstić information content (AvgIpc) is 2.69. The van der Waals surface area contributed by atoms with E-state index in [1.54, 1.807) is 0 Å². The molecule has 1 aromatic carbocycles.